The van der Waals surface area contributed by atoms with Gasteiger partial charge in [-0.05, 0) is 40.9 Å². The van der Waals surface area contributed by atoms with Gasteiger partial charge in [0, 0.05) is 23.4 Å². The molecule has 1 amide bonds. The first-order chi connectivity index (χ1) is 7.66. The minimum absolute atomic E-state index is 0.0429. The second kappa shape index (κ2) is 3.82. The Morgan fingerprint density at radius 2 is 2.19 bits per heavy atom. The van der Waals surface area contributed by atoms with Gasteiger partial charge in [0.05, 0.1) is 9.83 Å². The van der Waals surface area contributed by atoms with E-state index in [1.165, 1.54) is 4.88 Å². The topological polar surface area (TPSA) is 46.3 Å². The Hall–Kier alpha value is -0.390. The molecule has 1 saturated heterocycles. The molecule has 2 N–H and O–H groups in total. The molecule has 2 fully saturated rings. The van der Waals surface area contributed by atoms with E-state index in [4.69, 9.17) is 5.73 Å². The second-order valence-electron chi connectivity index (χ2n) is 4.49. The zero-order valence-corrected chi connectivity index (χ0v) is 11.1. The van der Waals surface area contributed by atoms with Crippen molar-refractivity contribution >= 4 is 33.2 Å². The fourth-order valence-electron chi connectivity index (χ4n) is 2.40. The SMILES string of the molecule is NC1CC(=O)N(C2CC2)C1c1ccc(Br)s1. The van der Waals surface area contributed by atoms with Crippen molar-refractivity contribution in [2.24, 2.45) is 5.73 Å². The van der Waals surface area contributed by atoms with Crippen molar-refractivity contribution in [3.63, 3.8) is 0 Å². The normalized spacial score (nSPS) is 30.1. The van der Waals surface area contributed by atoms with Crippen LogP contribution in [-0.4, -0.2) is 22.9 Å². The van der Waals surface area contributed by atoms with E-state index in [2.05, 4.69) is 22.0 Å². The van der Waals surface area contributed by atoms with E-state index < -0.39 is 0 Å². The molecule has 3 nitrogen and oxygen atoms in total. The van der Waals surface area contributed by atoms with E-state index >= 15 is 0 Å². The molecular formula is C11H13BrN2OS. The van der Waals surface area contributed by atoms with E-state index in [-0.39, 0.29) is 18.0 Å². The van der Waals surface area contributed by atoms with Crippen LogP contribution in [0, 0.1) is 0 Å². The van der Waals surface area contributed by atoms with Crippen LogP contribution in [0.1, 0.15) is 30.2 Å². The highest BCUT2D eigenvalue weighted by molar-refractivity contribution is 9.11. The monoisotopic (exact) mass is 300 g/mol. The molecule has 5 heteroatoms. The predicted octanol–water partition coefficient (Wildman–Crippen LogP) is 2.27. The summed E-state index contributed by atoms with van der Waals surface area (Å²) >= 11 is 5.14. The summed E-state index contributed by atoms with van der Waals surface area (Å²) < 4.78 is 1.10. The van der Waals surface area contributed by atoms with Crippen LogP contribution >= 0.6 is 27.3 Å². The summed E-state index contributed by atoms with van der Waals surface area (Å²) in [7, 11) is 0. The van der Waals surface area contributed by atoms with Gasteiger partial charge in [-0.3, -0.25) is 4.79 Å². The summed E-state index contributed by atoms with van der Waals surface area (Å²) in [5, 5.41) is 0. The predicted molar refractivity (Wildman–Crippen MR) is 67.2 cm³/mol. The van der Waals surface area contributed by atoms with Crippen LogP contribution in [0.25, 0.3) is 0 Å². The molecular weight excluding hydrogens is 288 g/mol. The zero-order chi connectivity index (χ0) is 11.3. The maximum absolute atomic E-state index is 11.9. The number of amides is 1. The van der Waals surface area contributed by atoms with Gasteiger partial charge in [-0.25, -0.2) is 0 Å². The summed E-state index contributed by atoms with van der Waals surface area (Å²) in [5.41, 5.74) is 6.10. The molecule has 1 saturated carbocycles. The van der Waals surface area contributed by atoms with E-state index in [0.29, 0.717) is 12.5 Å². The maximum atomic E-state index is 11.9. The molecule has 2 aliphatic rings. The molecule has 0 bridgehead atoms. The Balaban J connectivity index is 1.93. The number of hydrogen-bond donors (Lipinski definition) is 1. The lowest BCUT2D eigenvalue weighted by atomic mass is 10.1. The number of hydrogen-bond acceptors (Lipinski definition) is 3. The minimum Gasteiger partial charge on any atom is -0.330 e. The van der Waals surface area contributed by atoms with Crippen molar-refractivity contribution in [3.05, 3.63) is 20.8 Å². The summed E-state index contributed by atoms with van der Waals surface area (Å²) in [6.07, 6.45) is 2.78. The molecule has 1 aliphatic carbocycles. The molecule has 2 atom stereocenters. The Morgan fingerprint density at radius 1 is 1.44 bits per heavy atom. The second-order valence-corrected chi connectivity index (χ2v) is 6.98. The van der Waals surface area contributed by atoms with Gasteiger partial charge in [0.15, 0.2) is 0 Å². The van der Waals surface area contributed by atoms with Gasteiger partial charge < -0.3 is 10.6 Å². The molecule has 2 heterocycles. The first-order valence-electron chi connectivity index (χ1n) is 5.49. The van der Waals surface area contributed by atoms with Crippen LogP contribution in [0.4, 0.5) is 0 Å². The van der Waals surface area contributed by atoms with Gasteiger partial charge in [-0.2, -0.15) is 0 Å². The van der Waals surface area contributed by atoms with Crippen LogP contribution in [0.5, 0.6) is 0 Å². The third-order valence-corrected chi connectivity index (χ3v) is 4.92. The largest absolute Gasteiger partial charge is 0.330 e. The van der Waals surface area contributed by atoms with Crippen molar-refractivity contribution in [2.75, 3.05) is 0 Å². The third-order valence-electron chi connectivity index (χ3n) is 3.23. The summed E-state index contributed by atoms with van der Waals surface area (Å²) in [4.78, 5) is 15.1. The number of rotatable bonds is 2. The molecule has 1 aliphatic heterocycles. The highest BCUT2D eigenvalue weighted by Gasteiger charge is 2.46. The smallest absolute Gasteiger partial charge is 0.225 e. The number of nitrogens with zero attached hydrogens (tertiary/aromatic N) is 1. The standard InChI is InChI=1S/C11H13BrN2OS/c12-9-4-3-8(16-9)11-7(13)5-10(15)14(11)6-1-2-6/h3-4,6-7,11H,1-2,5,13H2. The molecule has 1 aromatic heterocycles. The lowest BCUT2D eigenvalue weighted by Gasteiger charge is -2.25. The number of thiophene rings is 1. The first kappa shape index (κ1) is 10.7. The highest BCUT2D eigenvalue weighted by atomic mass is 79.9. The Morgan fingerprint density at radius 3 is 2.75 bits per heavy atom. The number of halogens is 1. The van der Waals surface area contributed by atoms with E-state index in [9.17, 15) is 4.79 Å². The number of carbonyl (C=O) groups is 1. The highest BCUT2D eigenvalue weighted by Crippen LogP contribution is 2.43. The van der Waals surface area contributed by atoms with Crippen LogP contribution < -0.4 is 5.73 Å². The number of likely N-dealkylation sites (tertiary alicyclic amines) is 1. The first-order valence-corrected chi connectivity index (χ1v) is 7.10. The fourth-order valence-corrected chi connectivity index (χ4v) is 4.00. The van der Waals surface area contributed by atoms with Gasteiger partial charge in [-0.15, -0.1) is 11.3 Å². The van der Waals surface area contributed by atoms with Gasteiger partial charge in [0.25, 0.3) is 0 Å². The zero-order valence-electron chi connectivity index (χ0n) is 8.73. The molecule has 2 unspecified atom stereocenters. The molecule has 0 radical (unpaired) electrons. The van der Waals surface area contributed by atoms with Crippen LogP contribution in [0.15, 0.2) is 15.9 Å². The maximum Gasteiger partial charge on any atom is 0.225 e. The van der Waals surface area contributed by atoms with Crippen molar-refractivity contribution < 1.29 is 4.79 Å². The van der Waals surface area contributed by atoms with Gasteiger partial charge in [0.2, 0.25) is 5.91 Å². The van der Waals surface area contributed by atoms with Crippen molar-refractivity contribution in [2.45, 2.75) is 37.4 Å². The quantitative estimate of drug-likeness (QED) is 0.911. The molecule has 0 aromatic carbocycles. The van der Waals surface area contributed by atoms with Crippen LogP contribution in [0.2, 0.25) is 0 Å². The lowest BCUT2D eigenvalue weighted by Crippen LogP contribution is -2.34. The summed E-state index contributed by atoms with van der Waals surface area (Å²) in [6.45, 7) is 0. The average Bonchev–Trinajstić information content (AvgIpc) is 2.90. The van der Waals surface area contributed by atoms with E-state index in [0.717, 1.165) is 16.6 Å². The minimum atomic E-state index is -0.0429. The molecule has 1 aromatic rings. The van der Waals surface area contributed by atoms with Crippen molar-refractivity contribution in [3.8, 4) is 0 Å². The van der Waals surface area contributed by atoms with Gasteiger partial charge in [-0.1, -0.05) is 0 Å². The van der Waals surface area contributed by atoms with E-state index in [1.807, 2.05) is 11.0 Å². The van der Waals surface area contributed by atoms with Gasteiger partial charge >= 0.3 is 0 Å². The van der Waals surface area contributed by atoms with E-state index in [1.54, 1.807) is 11.3 Å². The summed E-state index contributed by atoms with van der Waals surface area (Å²) in [6, 6.07) is 4.62. The fraction of sp³-hybridized carbons (Fsp3) is 0.545. The Bertz CT molecular complexity index is 429. The van der Waals surface area contributed by atoms with Gasteiger partial charge in [0.1, 0.15) is 0 Å². The van der Waals surface area contributed by atoms with Crippen LogP contribution in [0.3, 0.4) is 0 Å². The van der Waals surface area contributed by atoms with Crippen molar-refractivity contribution in [1.29, 1.82) is 0 Å². The summed E-state index contributed by atoms with van der Waals surface area (Å²) in [5.74, 6) is 0.226. The molecule has 0 spiro atoms. The van der Waals surface area contributed by atoms with Crippen LogP contribution in [-0.2, 0) is 4.79 Å². The lowest BCUT2D eigenvalue weighted by molar-refractivity contribution is -0.129. The number of nitrogens with two attached hydrogens (primary N) is 1. The average molecular weight is 301 g/mol. The Labute approximate surface area is 107 Å². The third kappa shape index (κ3) is 1.71. The molecule has 86 valence electrons. The number of carbonyl (C=O) groups excluding carboxylic acids is 1. The Kier molecular flexibility index (Phi) is 2.57. The molecule has 16 heavy (non-hydrogen) atoms. The molecule has 3 rings (SSSR count). The van der Waals surface area contributed by atoms with Crippen molar-refractivity contribution in [1.82, 2.24) is 4.90 Å².